The largest absolute Gasteiger partial charge is 0.449 e. The highest BCUT2D eigenvalue weighted by Gasteiger charge is 2.24. The number of amides is 1. The van der Waals surface area contributed by atoms with Gasteiger partial charge in [0.1, 0.15) is 5.58 Å². The van der Waals surface area contributed by atoms with Crippen LogP contribution in [0, 0.1) is 6.92 Å². The van der Waals surface area contributed by atoms with E-state index in [9.17, 15) is 14.4 Å². The number of benzene rings is 1. The van der Waals surface area contributed by atoms with Crippen molar-refractivity contribution in [3.63, 3.8) is 0 Å². The molecule has 2 rings (SSSR count). The lowest BCUT2D eigenvalue weighted by Gasteiger charge is -2.23. The first-order valence-corrected chi connectivity index (χ1v) is 7.64. The summed E-state index contributed by atoms with van der Waals surface area (Å²) in [6.45, 7) is 8.79. The number of carbonyl (C=O) groups excluding carboxylic acids is 2. The molecule has 0 unspecified atom stereocenters. The van der Waals surface area contributed by atoms with Gasteiger partial charge in [0.05, 0.1) is 5.39 Å². The van der Waals surface area contributed by atoms with Crippen molar-refractivity contribution in [2.75, 3.05) is 0 Å². The molecule has 1 aromatic carbocycles. The zero-order valence-electron chi connectivity index (χ0n) is 14.4. The molecule has 128 valence electrons. The molecular weight excluding hydrogens is 310 g/mol. The summed E-state index contributed by atoms with van der Waals surface area (Å²) in [4.78, 5) is 36.2. The van der Waals surface area contributed by atoms with Gasteiger partial charge < -0.3 is 14.5 Å². The summed E-state index contributed by atoms with van der Waals surface area (Å²) >= 11 is 0. The van der Waals surface area contributed by atoms with Crippen molar-refractivity contribution in [1.29, 1.82) is 0 Å². The Hall–Kier alpha value is -2.63. The van der Waals surface area contributed by atoms with Gasteiger partial charge in [0, 0.05) is 11.6 Å². The molecule has 24 heavy (non-hydrogen) atoms. The quantitative estimate of drug-likeness (QED) is 0.874. The second kappa shape index (κ2) is 6.47. The Kier molecular flexibility index (Phi) is 4.78. The lowest BCUT2D eigenvalue weighted by Crippen LogP contribution is -2.46. The van der Waals surface area contributed by atoms with Crippen LogP contribution in [0.5, 0.6) is 0 Å². The van der Waals surface area contributed by atoms with Gasteiger partial charge in [-0.1, -0.05) is 11.6 Å². The molecule has 2 aromatic rings. The van der Waals surface area contributed by atoms with E-state index in [0.717, 1.165) is 11.6 Å². The molecule has 1 aromatic heterocycles. The Morgan fingerprint density at radius 2 is 1.88 bits per heavy atom. The number of hydrogen-bond donors (Lipinski definition) is 1. The third kappa shape index (κ3) is 4.22. The first-order chi connectivity index (χ1) is 11.1. The molecule has 6 nitrogen and oxygen atoms in total. The monoisotopic (exact) mass is 331 g/mol. The number of ether oxygens (including phenoxy) is 1. The number of nitrogens with one attached hydrogen (secondary N) is 1. The van der Waals surface area contributed by atoms with Crippen molar-refractivity contribution in [2.45, 2.75) is 46.3 Å². The van der Waals surface area contributed by atoms with Crippen molar-refractivity contribution in [1.82, 2.24) is 5.32 Å². The van der Waals surface area contributed by atoms with E-state index in [1.54, 1.807) is 18.2 Å². The van der Waals surface area contributed by atoms with Crippen LogP contribution in [0.1, 0.15) is 43.8 Å². The summed E-state index contributed by atoms with van der Waals surface area (Å²) in [6, 6.07) is 6.17. The Morgan fingerprint density at radius 3 is 2.50 bits per heavy atom. The fourth-order valence-corrected chi connectivity index (χ4v) is 2.11. The first kappa shape index (κ1) is 17.7. The van der Waals surface area contributed by atoms with E-state index in [4.69, 9.17) is 9.15 Å². The molecule has 0 bridgehead atoms. The van der Waals surface area contributed by atoms with Crippen LogP contribution in [0.25, 0.3) is 11.0 Å². The number of aryl methyl sites for hydroxylation is 1. The first-order valence-electron chi connectivity index (χ1n) is 7.64. The van der Waals surface area contributed by atoms with Crippen LogP contribution in [0.15, 0.2) is 33.5 Å². The van der Waals surface area contributed by atoms with Crippen LogP contribution in [0.4, 0.5) is 0 Å². The minimum Gasteiger partial charge on any atom is -0.449 e. The van der Waals surface area contributed by atoms with Crippen LogP contribution in [0.2, 0.25) is 0 Å². The van der Waals surface area contributed by atoms with E-state index in [0.29, 0.717) is 11.0 Å². The maximum Gasteiger partial charge on any atom is 0.375 e. The summed E-state index contributed by atoms with van der Waals surface area (Å²) in [7, 11) is 0. The third-order valence-corrected chi connectivity index (χ3v) is 3.24. The van der Waals surface area contributed by atoms with Gasteiger partial charge in [0.25, 0.3) is 5.91 Å². The number of esters is 1. The summed E-state index contributed by atoms with van der Waals surface area (Å²) < 4.78 is 10.5. The molecule has 1 N–H and O–H groups in total. The molecule has 0 saturated carbocycles. The Bertz CT molecular complexity index is 845. The van der Waals surface area contributed by atoms with E-state index in [2.05, 4.69) is 5.32 Å². The number of hydrogen-bond acceptors (Lipinski definition) is 5. The topological polar surface area (TPSA) is 85.6 Å². The van der Waals surface area contributed by atoms with Crippen molar-refractivity contribution in [3.8, 4) is 0 Å². The molecule has 0 aliphatic carbocycles. The van der Waals surface area contributed by atoms with Gasteiger partial charge in [-0.15, -0.1) is 0 Å². The van der Waals surface area contributed by atoms with Crippen molar-refractivity contribution < 1.29 is 18.7 Å². The molecule has 0 radical (unpaired) electrons. The summed E-state index contributed by atoms with van der Waals surface area (Å²) in [5.74, 6) is -1.51. The predicted molar refractivity (Wildman–Crippen MR) is 90.0 cm³/mol. The highest BCUT2D eigenvalue weighted by atomic mass is 16.6. The fraction of sp³-hybridized carbons (Fsp3) is 0.389. The molecular formula is C18H21NO5. The molecule has 0 fully saturated rings. The van der Waals surface area contributed by atoms with Crippen LogP contribution >= 0.6 is 0 Å². The summed E-state index contributed by atoms with van der Waals surface area (Å²) in [5.41, 5.74) is 0.439. The van der Waals surface area contributed by atoms with Gasteiger partial charge in [0.2, 0.25) is 5.76 Å². The summed E-state index contributed by atoms with van der Waals surface area (Å²) in [6.07, 6.45) is -1.00. The van der Waals surface area contributed by atoms with E-state index < -0.39 is 23.5 Å². The maximum atomic E-state index is 12.2. The van der Waals surface area contributed by atoms with Crippen LogP contribution in [-0.4, -0.2) is 23.5 Å². The average Bonchev–Trinajstić information content (AvgIpc) is 2.45. The average molecular weight is 331 g/mol. The minimum absolute atomic E-state index is 0.230. The third-order valence-electron chi connectivity index (χ3n) is 3.24. The van der Waals surface area contributed by atoms with Crippen LogP contribution < -0.4 is 10.7 Å². The predicted octanol–water partition coefficient (Wildman–Crippen LogP) is 2.56. The van der Waals surface area contributed by atoms with E-state index in [1.807, 2.05) is 27.7 Å². The second-order valence-electron chi connectivity index (χ2n) is 6.76. The number of rotatable bonds is 3. The van der Waals surface area contributed by atoms with Gasteiger partial charge in [-0.25, -0.2) is 4.79 Å². The zero-order valence-corrected chi connectivity index (χ0v) is 14.4. The van der Waals surface area contributed by atoms with Crippen molar-refractivity contribution in [2.24, 2.45) is 0 Å². The van der Waals surface area contributed by atoms with E-state index in [1.165, 1.54) is 6.92 Å². The number of fused-ring (bicyclic) bond motifs is 1. The molecule has 0 saturated heterocycles. The van der Waals surface area contributed by atoms with Crippen molar-refractivity contribution >= 4 is 22.8 Å². The van der Waals surface area contributed by atoms with Gasteiger partial charge in [0.15, 0.2) is 11.5 Å². The highest BCUT2D eigenvalue weighted by molar-refractivity contribution is 5.91. The molecule has 6 heteroatoms. The minimum atomic E-state index is -1.00. The Balaban J connectivity index is 2.21. The van der Waals surface area contributed by atoms with Gasteiger partial charge >= 0.3 is 5.97 Å². The second-order valence-corrected chi connectivity index (χ2v) is 6.76. The van der Waals surface area contributed by atoms with Crippen LogP contribution in [0.3, 0.4) is 0 Å². The number of carbonyl (C=O) groups is 2. The molecule has 0 aliphatic heterocycles. The van der Waals surface area contributed by atoms with Gasteiger partial charge in [-0.3, -0.25) is 9.59 Å². The Labute approximate surface area is 139 Å². The molecule has 1 amide bonds. The lowest BCUT2D eigenvalue weighted by atomic mass is 10.1. The van der Waals surface area contributed by atoms with E-state index in [-0.39, 0.29) is 11.2 Å². The van der Waals surface area contributed by atoms with Crippen molar-refractivity contribution in [3.05, 3.63) is 45.8 Å². The van der Waals surface area contributed by atoms with Gasteiger partial charge in [-0.05, 0) is 46.8 Å². The molecule has 1 heterocycles. The standard InChI is InChI=1S/C18H21NO5/c1-10-6-7-14-12(8-10)13(20)9-15(24-14)17(22)23-11(2)16(21)19-18(3,4)5/h6-9,11H,1-5H3,(H,19,21)/t11-/m1/s1. The Morgan fingerprint density at radius 1 is 1.21 bits per heavy atom. The zero-order chi connectivity index (χ0) is 18.1. The maximum absolute atomic E-state index is 12.2. The summed E-state index contributed by atoms with van der Waals surface area (Å²) in [5, 5.41) is 3.11. The molecule has 0 aliphatic rings. The normalized spacial score (nSPS) is 12.7. The smallest absolute Gasteiger partial charge is 0.375 e. The van der Waals surface area contributed by atoms with Crippen LogP contribution in [-0.2, 0) is 9.53 Å². The molecule has 0 spiro atoms. The SMILES string of the molecule is Cc1ccc2oc(C(=O)O[C@H](C)C(=O)NC(C)(C)C)cc(=O)c2c1. The fourth-order valence-electron chi connectivity index (χ4n) is 2.11. The molecule has 1 atom stereocenters. The lowest BCUT2D eigenvalue weighted by molar-refractivity contribution is -0.130. The highest BCUT2D eigenvalue weighted by Crippen LogP contribution is 2.15. The van der Waals surface area contributed by atoms with E-state index >= 15 is 0 Å². The van der Waals surface area contributed by atoms with Gasteiger partial charge in [-0.2, -0.15) is 0 Å².